The van der Waals surface area contributed by atoms with Gasteiger partial charge in [0.25, 0.3) is 0 Å². The molecule has 0 bridgehead atoms. The topological polar surface area (TPSA) is 42.4 Å². The summed E-state index contributed by atoms with van der Waals surface area (Å²) in [5.41, 5.74) is 0.915. The van der Waals surface area contributed by atoms with Gasteiger partial charge in [-0.25, -0.2) is 4.98 Å². The zero-order valence-electron chi connectivity index (χ0n) is 10.3. The van der Waals surface area contributed by atoms with Gasteiger partial charge in [0.2, 0.25) is 0 Å². The van der Waals surface area contributed by atoms with Gasteiger partial charge >= 0.3 is 0 Å². The van der Waals surface area contributed by atoms with Crippen molar-refractivity contribution in [3.8, 4) is 0 Å². The molecule has 1 atom stereocenters. The molecule has 2 rings (SSSR count). The van der Waals surface area contributed by atoms with Crippen LogP contribution in [-0.4, -0.2) is 37.1 Å². The second kappa shape index (κ2) is 5.60. The third-order valence-electron chi connectivity index (χ3n) is 2.88. The summed E-state index contributed by atoms with van der Waals surface area (Å²) >= 11 is 1.49. The van der Waals surface area contributed by atoms with Crippen LogP contribution in [0.2, 0.25) is 0 Å². The molecule has 0 saturated carbocycles. The lowest BCUT2D eigenvalue weighted by molar-refractivity contribution is 0.0821. The average Bonchev–Trinajstić information content (AvgIpc) is 2.64. The van der Waals surface area contributed by atoms with Gasteiger partial charge in [0.15, 0.2) is 11.4 Å². The SMILES string of the molecule is CCc1nc(N2CCCOC(C)C2)sc1C=O. The fraction of sp³-hybridized carbons (Fsp3) is 0.667. The van der Waals surface area contributed by atoms with E-state index < -0.39 is 0 Å². The Bertz CT molecular complexity index is 392. The molecule has 17 heavy (non-hydrogen) atoms. The number of aromatic nitrogens is 1. The minimum atomic E-state index is 0.228. The Kier molecular flexibility index (Phi) is 4.12. The van der Waals surface area contributed by atoms with Crippen LogP contribution in [0.5, 0.6) is 0 Å². The van der Waals surface area contributed by atoms with E-state index in [1.165, 1.54) is 11.3 Å². The number of aryl methyl sites for hydroxylation is 1. The van der Waals surface area contributed by atoms with Gasteiger partial charge in [-0.1, -0.05) is 18.3 Å². The summed E-state index contributed by atoms with van der Waals surface area (Å²) in [4.78, 5) is 18.5. The Morgan fingerprint density at radius 3 is 3.12 bits per heavy atom. The van der Waals surface area contributed by atoms with Crippen LogP contribution in [0.15, 0.2) is 0 Å². The van der Waals surface area contributed by atoms with Gasteiger partial charge in [0.1, 0.15) is 0 Å². The molecule has 0 radical (unpaired) electrons. The summed E-state index contributed by atoms with van der Waals surface area (Å²) in [6.07, 6.45) is 2.97. The molecule has 1 aliphatic heterocycles. The number of anilines is 1. The number of thiazole rings is 1. The summed E-state index contributed by atoms with van der Waals surface area (Å²) < 4.78 is 5.61. The molecule has 0 amide bonds. The molecule has 1 aliphatic rings. The number of ether oxygens (including phenoxy) is 1. The Hall–Kier alpha value is -0.940. The van der Waals surface area contributed by atoms with Crippen LogP contribution in [0.1, 0.15) is 35.6 Å². The van der Waals surface area contributed by atoms with E-state index in [2.05, 4.69) is 16.8 Å². The number of aldehydes is 1. The monoisotopic (exact) mass is 254 g/mol. The van der Waals surface area contributed by atoms with Crippen LogP contribution < -0.4 is 4.90 Å². The van der Waals surface area contributed by atoms with E-state index in [1.807, 2.05) is 6.92 Å². The van der Waals surface area contributed by atoms with Crippen molar-refractivity contribution in [2.45, 2.75) is 32.8 Å². The van der Waals surface area contributed by atoms with Crippen molar-refractivity contribution in [2.24, 2.45) is 0 Å². The minimum absolute atomic E-state index is 0.228. The summed E-state index contributed by atoms with van der Waals surface area (Å²) in [6.45, 7) is 6.73. The van der Waals surface area contributed by atoms with Crippen molar-refractivity contribution in [3.63, 3.8) is 0 Å². The second-order valence-electron chi connectivity index (χ2n) is 4.26. The van der Waals surface area contributed by atoms with E-state index in [0.29, 0.717) is 0 Å². The van der Waals surface area contributed by atoms with Crippen molar-refractivity contribution in [3.05, 3.63) is 10.6 Å². The molecule has 1 fully saturated rings. The number of carbonyl (C=O) groups is 1. The molecule has 94 valence electrons. The fourth-order valence-corrected chi connectivity index (χ4v) is 3.00. The van der Waals surface area contributed by atoms with Crippen LogP contribution in [-0.2, 0) is 11.2 Å². The first kappa shape index (κ1) is 12.5. The molecule has 1 unspecified atom stereocenters. The molecule has 0 N–H and O–H groups in total. The maximum atomic E-state index is 10.9. The molecule has 1 aromatic rings. The van der Waals surface area contributed by atoms with Crippen molar-refractivity contribution in [1.29, 1.82) is 0 Å². The Labute approximate surface area is 106 Å². The summed E-state index contributed by atoms with van der Waals surface area (Å²) in [5.74, 6) is 0. The standard InChI is InChI=1S/C12H18N2O2S/c1-3-10-11(8-15)17-12(13-10)14-5-4-6-16-9(2)7-14/h8-9H,3-7H2,1-2H3. The highest BCUT2D eigenvalue weighted by atomic mass is 32.1. The highest BCUT2D eigenvalue weighted by molar-refractivity contribution is 7.17. The molecule has 0 aromatic carbocycles. The Morgan fingerprint density at radius 2 is 2.47 bits per heavy atom. The first-order valence-corrected chi connectivity index (χ1v) is 6.87. The molecular formula is C12H18N2O2S. The molecule has 0 spiro atoms. The number of hydrogen-bond donors (Lipinski definition) is 0. The minimum Gasteiger partial charge on any atom is -0.377 e. The Balaban J connectivity index is 2.20. The first-order valence-electron chi connectivity index (χ1n) is 6.06. The maximum absolute atomic E-state index is 10.9. The van der Waals surface area contributed by atoms with Gasteiger partial charge < -0.3 is 9.64 Å². The zero-order valence-corrected chi connectivity index (χ0v) is 11.1. The van der Waals surface area contributed by atoms with E-state index in [1.54, 1.807) is 0 Å². The van der Waals surface area contributed by atoms with Crippen LogP contribution in [0.25, 0.3) is 0 Å². The third-order valence-corrected chi connectivity index (χ3v) is 3.96. The number of carbonyl (C=O) groups excluding carboxylic acids is 1. The largest absolute Gasteiger partial charge is 0.377 e. The fourth-order valence-electron chi connectivity index (χ4n) is 2.00. The van der Waals surface area contributed by atoms with E-state index in [0.717, 1.165) is 54.5 Å². The molecular weight excluding hydrogens is 236 g/mol. The molecule has 1 aromatic heterocycles. The van der Waals surface area contributed by atoms with E-state index >= 15 is 0 Å². The second-order valence-corrected chi connectivity index (χ2v) is 5.27. The number of nitrogens with zero attached hydrogens (tertiary/aromatic N) is 2. The molecule has 1 saturated heterocycles. The number of rotatable bonds is 3. The van der Waals surface area contributed by atoms with Gasteiger partial charge in [0.05, 0.1) is 16.7 Å². The quantitative estimate of drug-likeness (QED) is 0.775. The van der Waals surface area contributed by atoms with Crippen LogP contribution in [0.3, 0.4) is 0 Å². The molecule has 4 nitrogen and oxygen atoms in total. The lowest BCUT2D eigenvalue weighted by Gasteiger charge is -2.20. The van der Waals surface area contributed by atoms with Crippen molar-refractivity contribution < 1.29 is 9.53 Å². The Morgan fingerprint density at radius 1 is 1.65 bits per heavy atom. The van der Waals surface area contributed by atoms with Crippen molar-refractivity contribution in [2.75, 3.05) is 24.6 Å². The van der Waals surface area contributed by atoms with Crippen LogP contribution >= 0.6 is 11.3 Å². The van der Waals surface area contributed by atoms with E-state index in [-0.39, 0.29) is 6.10 Å². The summed E-state index contributed by atoms with van der Waals surface area (Å²) in [7, 11) is 0. The lowest BCUT2D eigenvalue weighted by atomic mass is 10.3. The highest BCUT2D eigenvalue weighted by Crippen LogP contribution is 2.26. The zero-order chi connectivity index (χ0) is 12.3. The third kappa shape index (κ3) is 2.84. The number of hydrogen-bond acceptors (Lipinski definition) is 5. The van der Waals surface area contributed by atoms with Gasteiger partial charge in [-0.2, -0.15) is 0 Å². The predicted molar refractivity (Wildman–Crippen MR) is 69.1 cm³/mol. The summed E-state index contributed by atoms with van der Waals surface area (Å²) in [6, 6.07) is 0. The normalized spacial score (nSPS) is 21.3. The van der Waals surface area contributed by atoms with Crippen molar-refractivity contribution in [1.82, 2.24) is 4.98 Å². The average molecular weight is 254 g/mol. The molecule has 2 heterocycles. The van der Waals surface area contributed by atoms with E-state index in [4.69, 9.17) is 4.74 Å². The van der Waals surface area contributed by atoms with Gasteiger partial charge in [0, 0.05) is 19.7 Å². The first-order chi connectivity index (χ1) is 8.24. The predicted octanol–water partition coefficient (Wildman–Crippen LogP) is 2.13. The van der Waals surface area contributed by atoms with Gasteiger partial charge in [-0.05, 0) is 19.8 Å². The van der Waals surface area contributed by atoms with Gasteiger partial charge in [-0.3, -0.25) is 4.79 Å². The van der Waals surface area contributed by atoms with Crippen LogP contribution in [0, 0.1) is 0 Å². The highest BCUT2D eigenvalue weighted by Gasteiger charge is 2.19. The molecule has 0 aliphatic carbocycles. The maximum Gasteiger partial charge on any atom is 0.186 e. The molecule has 5 heteroatoms. The van der Waals surface area contributed by atoms with Crippen molar-refractivity contribution >= 4 is 22.8 Å². The van der Waals surface area contributed by atoms with Gasteiger partial charge in [-0.15, -0.1) is 0 Å². The summed E-state index contributed by atoms with van der Waals surface area (Å²) in [5, 5.41) is 0.960. The van der Waals surface area contributed by atoms with E-state index in [9.17, 15) is 4.79 Å². The van der Waals surface area contributed by atoms with Crippen LogP contribution in [0.4, 0.5) is 5.13 Å². The smallest absolute Gasteiger partial charge is 0.186 e. The lowest BCUT2D eigenvalue weighted by Crippen LogP contribution is -2.29.